The van der Waals surface area contributed by atoms with E-state index < -0.39 is 0 Å². The Morgan fingerprint density at radius 1 is 1.42 bits per heavy atom. The number of likely N-dealkylation sites (tertiary alicyclic amines) is 1. The average molecular weight is 334 g/mol. The Morgan fingerprint density at radius 2 is 2.25 bits per heavy atom. The lowest BCUT2D eigenvalue weighted by atomic mass is 10.0. The maximum Gasteiger partial charge on any atom is 0.239 e. The number of rotatable bonds is 5. The van der Waals surface area contributed by atoms with Crippen molar-refractivity contribution in [3.63, 3.8) is 0 Å². The highest BCUT2D eigenvalue weighted by Crippen LogP contribution is 2.41. The van der Waals surface area contributed by atoms with Gasteiger partial charge in [0.1, 0.15) is 0 Å². The summed E-state index contributed by atoms with van der Waals surface area (Å²) in [6.45, 7) is 5.71. The summed E-state index contributed by atoms with van der Waals surface area (Å²) in [5.41, 5.74) is 1.00. The molecule has 0 spiro atoms. The van der Waals surface area contributed by atoms with E-state index in [0.717, 1.165) is 24.9 Å². The second-order valence-electron chi connectivity index (χ2n) is 6.51. The average Bonchev–Trinajstić information content (AvgIpc) is 3.07. The molecule has 1 N–H and O–H groups in total. The molecule has 2 aliphatic heterocycles. The Kier molecular flexibility index (Phi) is 5.14. The summed E-state index contributed by atoms with van der Waals surface area (Å²) in [7, 11) is 1.61. The van der Waals surface area contributed by atoms with Gasteiger partial charge in [-0.3, -0.25) is 4.79 Å². The molecule has 1 aromatic carbocycles. The quantitative estimate of drug-likeness (QED) is 0.895. The molecule has 0 radical (unpaired) electrons. The van der Waals surface area contributed by atoms with Crippen LogP contribution in [0.1, 0.15) is 38.7 Å². The highest BCUT2D eigenvalue weighted by molar-refractivity contribution is 5.81. The largest absolute Gasteiger partial charge is 0.493 e. The van der Waals surface area contributed by atoms with Crippen LogP contribution < -0.4 is 19.5 Å². The lowest BCUT2D eigenvalue weighted by Crippen LogP contribution is -2.50. The number of amides is 1. The van der Waals surface area contributed by atoms with Gasteiger partial charge in [-0.15, -0.1) is 0 Å². The van der Waals surface area contributed by atoms with Gasteiger partial charge in [-0.1, -0.05) is 0 Å². The van der Waals surface area contributed by atoms with E-state index in [-0.39, 0.29) is 18.7 Å². The van der Waals surface area contributed by atoms with Crippen molar-refractivity contribution in [3.8, 4) is 17.2 Å². The van der Waals surface area contributed by atoms with Crippen molar-refractivity contribution in [1.82, 2.24) is 10.2 Å². The summed E-state index contributed by atoms with van der Waals surface area (Å²) in [6.07, 6.45) is 3.41. The fourth-order valence-electron chi connectivity index (χ4n) is 3.32. The van der Waals surface area contributed by atoms with Crippen LogP contribution in [0.2, 0.25) is 0 Å². The topological polar surface area (TPSA) is 60.0 Å². The molecular weight excluding hydrogens is 308 g/mol. The number of hydrogen-bond acceptors (Lipinski definition) is 5. The highest BCUT2D eigenvalue weighted by Gasteiger charge is 2.27. The Balaban J connectivity index is 1.62. The van der Waals surface area contributed by atoms with Crippen LogP contribution >= 0.6 is 0 Å². The van der Waals surface area contributed by atoms with Crippen LogP contribution in [0.3, 0.4) is 0 Å². The molecule has 24 heavy (non-hydrogen) atoms. The zero-order chi connectivity index (χ0) is 17.1. The zero-order valence-electron chi connectivity index (χ0n) is 14.6. The maximum absolute atomic E-state index is 12.6. The number of piperidine rings is 1. The lowest BCUT2D eigenvalue weighted by Gasteiger charge is -2.35. The van der Waals surface area contributed by atoms with Crippen LogP contribution in [0.4, 0.5) is 0 Å². The van der Waals surface area contributed by atoms with E-state index in [1.165, 1.54) is 6.42 Å². The molecule has 6 heteroatoms. The fourth-order valence-corrected chi connectivity index (χ4v) is 3.32. The number of methoxy groups -OCH3 is 1. The van der Waals surface area contributed by atoms with Gasteiger partial charge in [-0.05, 0) is 50.8 Å². The molecule has 2 atom stereocenters. The standard InChI is InChI=1S/C18H26N2O4/c1-12-6-4-5-7-20(12)18(21)13(2)19-10-14-8-15(22-3)17-16(9-14)23-11-24-17/h8-9,12-13,19H,4-7,10-11H2,1-3H3/t12-,13+/m1/s1. The van der Waals surface area contributed by atoms with Crippen molar-refractivity contribution >= 4 is 5.91 Å². The van der Waals surface area contributed by atoms with Crippen LogP contribution in [0.25, 0.3) is 0 Å². The summed E-state index contributed by atoms with van der Waals surface area (Å²) in [5.74, 6) is 2.17. The molecule has 0 unspecified atom stereocenters. The number of hydrogen-bond donors (Lipinski definition) is 1. The van der Waals surface area contributed by atoms with E-state index in [2.05, 4.69) is 12.2 Å². The first-order valence-electron chi connectivity index (χ1n) is 8.60. The first-order valence-corrected chi connectivity index (χ1v) is 8.60. The number of nitrogens with zero attached hydrogens (tertiary/aromatic N) is 1. The van der Waals surface area contributed by atoms with E-state index in [4.69, 9.17) is 14.2 Å². The van der Waals surface area contributed by atoms with Crippen molar-refractivity contribution in [2.45, 2.75) is 51.7 Å². The molecule has 6 nitrogen and oxygen atoms in total. The van der Waals surface area contributed by atoms with Gasteiger partial charge in [0.25, 0.3) is 0 Å². The van der Waals surface area contributed by atoms with Gasteiger partial charge in [-0.25, -0.2) is 0 Å². The van der Waals surface area contributed by atoms with E-state index in [0.29, 0.717) is 29.8 Å². The molecule has 3 rings (SSSR count). The van der Waals surface area contributed by atoms with E-state index in [1.54, 1.807) is 7.11 Å². The zero-order valence-corrected chi connectivity index (χ0v) is 14.6. The Morgan fingerprint density at radius 3 is 3.00 bits per heavy atom. The first kappa shape index (κ1) is 16.9. The third kappa shape index (κ3) is 3.43. The SMILES string of the molecule is COc1cc(CN[C@@H](C)C(=O)N2CCCC[C@H]2C)cc2c1OCO2. The summed E-state index contributed by atoms with van der Waals surface area (Å²) in [4.78, 5) is 14.6. The molecule has 132 valence electrons. The highest BCUT2D eigenvalue weighted by atomic mass is 16.7. The predicted molar refractivity (Wildman–Crippen MR) is 90.4 cm³/mol. The van der Waals surface area contributed by atoms with Crippen molar-refractivity contribution in [2.75, 3.05) is 20.4 Å². The third-order valence-electron chi connectivity index (χ3n) is 4.79. The molecule has 2 heterocycles. The Hall–Kier alpha value is -1.95. The molecule has 1 amide bonds. The van der Waals surface area contributed by atoms with Crippen molar-refractivity contribution in [1.29, 1.82) is 0 Å². The number of benzene rings is 1. The Bertz CT molecular complexity index is 605. The molecule has 0 bridgehead atoms. The normalized spacial score (nSPS) is 20.8. The fraction of sp³-hybridized carbons (Fsp3) is 0.611. The Labute approximate surface area is 143 Å². The van der Waals surface area contributed by atoms with Crippen molar-refractivity contribution in [2.24, 2.45) is 0 Å². The molecule has 1 aromatic rings. The van der Waals surface area contributed by atoms with Crippen molar-refractivity contribution in [3.05, 3.63) is 17.7 Å². The van der Waals surface area contributed by atoms with Crippen LogP contribution in [0.15, 0.2) is 12.1 Å². The van der Waals surface area contributed by atoms with Crippen LogP contribution in [-0.2, 0) is 11.3 Å². The molecule has 1 saturated heterocycles. The van der Waals surface area contributed by atoms with Gasteiger partial charge in [0.15, 0.2) is 11.5 Å². The summed E-state index contributed by atoms with van der Waals surface area (Å²) in [6, 6.07) is 3.96. The molecule has 0 saturated carbocycles. The first-order chi connectivity index (χ1) is 11.6. The van der Waals surface area contributed by atoms with Crippen LogP contribution in [-0.4, -0.2) is 43.3 Å². The van der Waals surface area contributed by atoms with E-state index in [1.807, 2.05) is 24.0 Å². The minimum atomic E-state index is -0.220. The second kappa shape index (κ2) is 7.30. The molecular formula is C18H26N2O4. The summed E-state index contributed by atoms with van der Waals surface area (Å²) < 4.78 is 16.2. The van der Waals surface area contributed by atoms with Gasteiger partial charge >= 0.3 is 0 Å². The second-order valence-corrected chi connectivity index (χ2v) is 6.51. The number of ether oxygens (including phenoxy) is 3. The van der Waals surface area contributed by atoms with Gasteiger partial charge in [-0.2, -0.15) is 0 Å². The summed E-state index contributed by atoms with van der Waals surface area (Å²) >= 11 is 0. The predicted octanol–water partition coefficient (Wildman–Crippen LogP) is 2.30. The lowest BCUT2D eigenvalue weighted by molar-refractivity contribution is -0.136. The molecule has 1 fully saturated rings. The van der Waals surface area contributed by atoms with E-state index >= 15 is 0 Å². The molecule has 2 aliphatic rings. The van der Waals surface area contributed by atoms with Gasteiger partial charge in [0, 0.05) is 19.1 Å². The smallest absolute Gasteiger partial charge is 0.239 e. The third-order valence-corrected chi connectivity index (χ3v) is 4.79. The minimum absolute atomic E-state index is 0.176. The summed E-state index contributed by atoms with van der Waals surface area (Å²) in [5, 5.41) is 3.32. The monoisotopic (exact) mass is 334 g/mol. The molecule has 0 aromatic heterocycles. The number of carbonyl (C=O) groups excluding carboxylic acids is 1. The molecule has 0 aliphatic carbocycles. The van der Waals surface area contributed by atoms with Crippen LogP contribution in [0, 0.1) is 0 Å². The number of fused-ring (bicyclic) bond motifs is 1. The number of carbonyl (C=O) groups is 1. The van der Waals surface area contributed by atoms with Gasteiger partial charge in [0.05, 0.1) is 13.2 Å². The van der Waals surface area contributed by atoms with E-state index in [9.17, 15) is 4.79 Å². The minimum Gasteiger partial charge on any atom is -0.493 e. The number of nitrogens with one attached hydrogen (secondary N) is 1. The van der Waals surface area contributed by atoms with Gasteiger partial charge in [0.2, 0.25) is 18.4 Å². The maximum atomic E-state index is 12.6. The van der Waals surface area contributed by atoms with Crippen LogP contribution in [0.5, 0.6) is 17.2 Å². The van der Waals surface area contributed by atoms with Gasteiger partial charge < -0.3 is 24.4 Å². The van der Waals surface area contributed by atoms with Crippen molar-refractivity contribution < 1.29 is 19.0 Å².